The molecule has 0 unspecified atom stereocenters. The Morgan fingerprint density at radius 2 is 1.92 bits per heavy atom. The molecule has 0 bridgehead atoms. The number of amides is 1. The number of carbonyl (C=O) groups is 1. The van der Waals surface area contributed by atoms with E-state index in [9.17, 15) is 14.4 Å². The molecule has 0 saturated heterocycles. The van der Waals surface area contributed by atoms with Crippen molar-refractivity contribution in [3.63, 3.8) is 0 Å². The average molecular weight is 490 g/mol. The molecule has 10 heteroatoms. The molecule has 0 fully saturated rings. The molecule has 0 aliphatic carbocycles. The minimum Gasteiger partial charge on any atom is -0.383 e. The highest BCUT2D eigenvalue weighted by Crippen LogP contribution is 2.25. The number of carbonyl (C=O) groups excluding carboxylic acids is 1. The molecule has 1 aromatic carbocycles. The predicted octanol–water partition coefficient (Wildman–Crippen LogP) is 3.40. The van der Waals surface area contributed by atoms with Crippen LogP contribution in [0.1, 0.15) is 61.3 Å². The smallest absolute Gasteiger partial charge is 0.330 e. The van der Waals surface area contributed by atoms with Crippen LogP contribution in [-0.2, 0) is 13.1 Å². The van der Waals surface area contributed by atoms with Gasteiger partial charge in [-0.3, -0.25) is 24.0 Å². The summed E-state index contributed by atoms with van der Waals surface area (Å²) in [6.45, 7) is 8.17. The molecule has 188 valence electrons. The zero-order valence-corrected chi connectivity index (χ0v) is 21.0. The molecule has 0 aliphatic rings. The highest BCUT2D eigenvalue weighted by Gasteiger charge is 2.27. The van der Waals surface area contributed by atoms with Gasteiger partial charge < -0.3 is 5.73 Å². The summed E-state index contributed by atoms with van der Waals surface area (Å²) in [6.07, 6.45) is 3.20. The Kier molecular flexibility index (Phi) is 7.05. The maximum absolute atomic E-state index is 14.0. The van der Waals surface area contributed by atoms with Gasteiger partial charge in [-0.1, -0.05) is 43.7 Å². The van der Waals surface area contributed by atoms with Crippen molar-refractivity contribution >= 4 is 28.4 Å². The van der Waals surface area contributed by atoms with Crippen LogP contribution in [0.3, 0.4) is 0 Å². The summed E-state index contributed by atoms with van der Waals surface area (Å²) >= 11 is 0. The fourth-order valence-corrected chi connectivity index (χ4v) is 4.20. The zero-order valence-electron chi connectivity index (χ0n) is 21.0. The number of hydrogen-bond acceptors (Lipinski definition) is 6. The van der Waals surface area contributed by atoms with Crippen molar-refractivity contribution in [1.82, 2.24) is 24.3 Å². The van der Waals surface area contributed by atoms with Crippen LogP contribution >= 0.6 is 0 Å². The van der Waals surface area contributed by atoms with Crippen LogP contribution in [0.15, 0.2) is 52.2 Å². The van der Waals surface area contributed by atoms with E-state index in [4.69, 9.17) is 5.73 Å². The maximum Gasteiger partial charge on any atom is 0.330 e. The number of nitrogens with one attached hydrogen (secondary N) is 1. The molecule has 4 aromatic rings. The first-order valence-corrected chi connectivity index (χ1v) is 12.1. The molecule has 4 rings (SSSR count). The van der Waals surface area contributed by atoms with Crippen molar-refractivity contribution in [2.75, 3.05) is 10.6 Å². The number of nitrogens with zero attached hydrogens (tertiary/aromatic N) is 5. The second-order valence-electron chi connectivity index (χ2n) is 9.09. The van der Waals surface area contributed by atoms with E-state index in [1.807, 2.05) is 51.1 Å². The zero-order chi connectivity index (χ0) is 26.0. The highest BCUT2D eigenvalue weighted by molar-refractivity contribution is 6.09. The fraction of sp³-hybridized carbons (Fsp3) is 0.346. The lowest BCUT2D eigenvalue weighted by atomic mass is 10.1. The molecule has 10 nitrogen and oxygen atoms in total. The van der Waals surface area contributed by atoms with E-state index in [-0.39, 0.29) is 24.1 Å². The normalized spacial score (nSPS) is 11.4. The van der Waals surface area contributed by atoms with E-state index in [2.05, 4.69) is 15.1 Å². The van der Waals surface area contributed by atoms with Crippen LogP contribution in [0, 0.1) is 6.92 Å². The van der Waals surface area contributed by atoms with Gasteiger partial charge >= 0.3 is 5.69 Å². The molecular formula is C26H31N7O3. The number of aryl methyl sites for hydroxylation is 1. The van der Waals surface area contributed by atoms with Gasteiger partial charge in [-0.15, -0.1) is 0 Å². The molecule has 3 N–H and O–H groups in total. The molecule has 0 aliphatic heterocycles. The van der Waals surface area contributed by atoms with Gasteiger partial charge in [-0.05, 0) is 38.8 Å². The number of anilines is 2. The molecular weight excluding hydrogens is 458 g/mol. The number of fused-ring (bicyclic) bond motifs is 1. The summed E-state index contributed by atoms with van der Waals surface area (Å²) in [5, 5.41) is 5.12. The van der Waals surface area contributed by atoms with Gasteiger partial charge in [-0.25, -0.2) is 14.5 Å². The van der Waals surface area contributed by atoms with Crippen LogP contribution in [0.4, 0.5) is 11.5 Å². The first-order chi connectivity index (χ1) is 17.2. The summed E-state index contributed by atoms with van der Waals surface area (Å²) in [6, 6.07) is 11.1. The number of hydrogen-bond donors (Lipinski definition) is 2. The number of aromatic nitrogens is 5. The first-order valence-electron chi connectivity index (χ1n) is 12.1. The van der Waals surface area contributed by atoms with Crippen molar-refractivity contribution in [3.05, 3.63) is 80.3 Å². The van der Waals surface area contributed by atoms with Gasteiger partial charge in [-0.2, -0.15) is 5.10 Å². The Labute approximate surface area is 208 Å². The molecule has 0 spiro atoms. The minimum atomic E-state index is -0.714. The summed E-state index contributed by atoms with van der Waals surface area (Å²) in [4.78, 5) is 47.9. The van der Waals surface area contributed by atoms with Gasteiger partial charge in [0, 0.05) is 18.0 Å². The second-order valence-corrected chi connectivity index (χ2v) is 9.09. The third-order valence-corrected chi connectivity index (χ3v) is 6.13. The Morgan fingerprint density at radius 3 is 2.58 bits per heavy atom. The third-order valence-electron chi connectivity index (χ3n) is 6.13. The number of pyridine rings is 1. The van der Waals surface area contributed by atoms with E-state index >= 15 is 0 Å². The minimum absolute atomic E-state index is 0.0409. The topological polar surface area (TPSA) is 132 Å². The van der Waals surface area contributed by atoms with E-state index in [0.717, 1.165) is 12.0 Å². The third kappa shape index (κ3) is 4.66. The molecule has 3 heterocycles. The first kappa shape index (κ1) is 24.9. The molecule has 0 atom stereocenters. The predicted molar refractivity (Wildman–Crippen MR) is 140 cm³/mol. The second kappa shape index (κ2) is 10.2. The number of unbranched alkanes of at least 4 members (excludes halogenated alkanes) is 1. The van der Waals surface area contributed by atoms with Gasteiger partial charge in [0.15, 0.2) is 11.3 Å². The van der Waals surface area contributed by atoms with Crippen molar-refractivity contribution in [1.29, 1.82) is 0 Å². The van der Waals surface area contributed by atoms with Crippen molar-refractivity contribution in [2.45, 2.75) is 59.7 Å². The monoisotopic (exact) mass is 489 g/mol. The van der Waals surface area contributed by atoms with Crippen LogP contribution in [0.25, 0.3) is 11.0 Å². The number of rotatable bonds is 8. The maximum atomic E-state index is 14.0. The molecule has 0 radical (unpaired) electrons. The van der Waals surface area contributed by atoms with Crippen LogP contribution in [-0.4, -0.2) is 30.2 Å². The lowest BCUT2D eigenvalue weighted by molar-refractivity contribution is 0.0984. The Hall–Kier alpha value is -4.21. The van der Waals surface area contributed by atoms with E-state index in [0.29, 0.717) is 35.3 Å². The highest BCUT2D eigenvalue weighted by atomic mass is 16.2. The Balaban J connectivity index is 1.88. The summed E-state index contributed by atoms with van der Waals surface area (Å²) in [5.41, 5.74) is 7.32. The molecule has 0 saturated carbocycles. The summed E-state index contributed by atoms with van der Waals surface area (Å²) < 4.78 is 3.11. The van der Waals surface area contributed by atoms with Crippen molar-refractivity contribution < 1.29 is 4.79 Å². The fourth-order valence-electron chi connectivity index (χ4n) is 4.20. The van der Waals surface area contributed by atoms with Gasteiger partial charge in [0.2, 0.25) is 0 Å². The number of benzene rings is 1. The van der Waals surface area contributed by atoms with Crippen LogP contribution in [0.5, 0.6) is 0 Å². The van der Waals surface area contributed by atoms with E-state index in [1.54, 1.807) is 23.9 Å². The summed E-state index contributed by atoms with van der Waals surface area (Å²) in [7, 11) is 0. The number of nitrogens with two attached hydrogens (primary N) is 1. The van der Waals surface area contributed by atoms with Crippen LogP contribution in [0.2, 0.25) is 0 Å². The molecule has 3 aromatic heterocycles. The molecule has 36 heavy (non-hydrogen) atoms. The Morgan fingerprint density at radius 1 is 1.19 bits per heavy atom. The van der Waals surface area contributed by atoms with Crippen LogP contribution < -0.4 is 21.9 Å². The molecule has 1 amide bonds. The number of aromatic amines is 1. The standard InChI is InChI=1S/C26H31N7O3/c1-5-6-12-31-22(27)21(24(34)30-26(31)36)32(15-18-10-8-7-9-11-18)25(35)20-13-19-14-28-33(16(2)3)23(19)29-17(20)4/h7-11,13-14,16H,5-6,12,15,27H2,1-4H3,(H,30,34,36). The lowest BCUT2D eigenvalue weighted by Gasteiger charge is -2.25. The van der Waals surface area contributed by atoms with Gasteiger partial charge in [0.25, 0.3) is 11.5 Å². The SMILES string of the molecule is CCCCn1c(N)c(N(Cc2ccccc2)C(=O)c2cc3cnn(C(C)C)c3nc2C)c(=O)[nH]c1=O. The lowest BCUT2D eigenvalue weighted by Crippen LogP contribution is -2.41. The quantitative estimate of drug-likeness (QED) is 0.390. The van der Waals surface area contributed by atoms with Crippen molar-refractivity contribution in [2.24, 2.45) is 0 Å². The van der Waals surface area contributed by atoms with Gasteiger partial charge in [0.05, 0.1) is 24.0 Å². The van der Waals surface area contributed by atoms with E-state index < -0.39 is 17.2 Å². The van der Waals surface area contributed by atoms with Gasteiger partial charge in [0.1, 0.15) is 5.82 Å². The average Bonchev–Trinajstić information content (AvgIpc) is 3.26. The van der Waals surface area contributed by atoms with E-state index in [1.165, 1.54) is 9.47 Å². The largest absolute Gasteiger partial charge is 0.383 e. The number of H-pyrrole nitrogens is 1. The number of nitrogen functional groups attached to an aromatic ring is 1. The Bertz CT molecular complexity index is 1520. The summed E-state index contributed by atoms with van der Waals surface area (Å²) in [5.74, 6) is -0.485. The van der Waals surface area contributed by atoms with Crippen molar-refractivity contribution in [3.8, 4) is 0 Å².